The molecule has 0 spiro atoms. The van der Waals surface area contributed by atoms with Crippen LogP contribution in [0.3, 0.4) is 0 Å². The molecule has 21 heavy (non-hydrogen) atoms. The molecule has 1 aliphatic rings. The highest BCUT2D eigenvalue weighted by Gasteiger charge is 2.23. The van der Waals surface area contributed by atoms with E-state index in [1.165, 1.54) is 5.56 Å². The van der Waals surface area contributed by atoms with Crippen LogP contribution in [0.25, 0.3) is 0 Å². The van der Waals surface area contributed by atoms with Crippen molar-refractivity contribution in [3.8, 4) is 11.8 Å². The topological polar surface area (TPSA) is 47.5 Å². The predicted octanol–water partition coefficient (Wildman–Crippen LogP) is 0.965. The molecule has 1 fully saturated rings. The van der Waals surface area contributed by atoms with Gasteiger partial charge in [0.15, 0.2) is 0 Å². The third kappa shape index (κ3) is 5.14. The van der Waals surface area contributed by atoms with Crippen molar-refractivity contribution in [3.05, 3.63) is 35.4 Å². The number of aliphatic hydroxyl groups excluding tert-OH is 1. The SMILES string of the molecule is CC1NNCC1CN(C)Cc1ccc(C#CCCO)cc1. The molecule has 114 valence electrons. The lowest BCUT2D eigenvalue weighted by molar-refractivity contribution is 0.266. The normalized spacial score (nSPS) is 21.3. The first-order chi connectivity index (χ1) is 10.2. The molecule has 0 saturated carbocycles. The molecule has 2 atom stereocenters. The fourth-order valence-corrected chi connectivity index (χ4v) is 2.56. The molecule has 0 amide bonds. The number of nitrogens with zero attached hydrogens (tertiary/aromatic N) is 1. The summed E-state index contributed by atoms with van der Waals surface area (Å²) >= 11 is 0. The minimum Gasteiger partial charge on any atom is -0.395 e. The van der Waals surface area contributed by atoms with Crippen molar-refractivity contribution in [3.63, 3.8) is 0 Å². The van der Waals surface area contributed by atoms with E-state index in [-0.39, 0.29) is 6.61 Å². The maximum atomic E-state index is 8.71. The predicted molar refractivity (Wildman–Crippen MR) is 85.4 cm³/mol. The monoisotopic (exact) mass is 287 g/mol. The second-order valence-corrected chi connectivity index (χ2v) is 5.74. The summed E-state index contributed by atoms with van der Waals surface area (Å²) in [5.41, 5.74) is 8.78. The molecule has 1 heterocycles. The number of rotatable bonds is 5. The first kappa shape index (κ1) is 16.0. The van der Waals surface area contributed by atoms with E-state index < -0.39 is 0 Å². The van der Waals surface area contributed by atoms with Gasteiger partial charge in [0.1, 0.15) is 0 Å². The molecule has 0 aromatic heterocycles. The molecule has 2 rings (SSSR count). The second kappa shape index (κ2) is 8.16. The fraction of sp³-hybridized carbons (Fsp3) is 0.529. The van der Waals surface area contributed by atoms with Crippen LogP contribution in [0.15, 0.2) is 24.3 Å². The van der Waals surface area contributed by atoms with Crippen molar-refractivity contribution in [1.29, 1.82) is 0 Å². The van der Waals surface area contributed by atoms with Gasteiger partial charge in [0.25, 0.3) is 0 Å². The molecule has 0 aliphatic carbocycles. The van der Waals surface area contributed by atoms with Gasteiger partial charge in [-0.15, -0.1) is 0 Å². The van der Waals surface area contributed by atoms with Gasteiger partial charge >= 0.3 is 0 Å². The van der Waals surface area contributed by atoms with Gasteiger partial charge in [-0.1, -0.05) is 24.0 Å². The zero-order valence-electron chi connectivity index (χ0n) is 12.9. The van der Waals surface area contributed by atoms with E-state index in [0.717, 1.165) is 25.2 Å². The van der Waals surface area contributed by atoms with Crippen molar-refractivity contribution >= 4 is 0 Å². The molecular weight excluding hydrogens is 262 g/mol. The third-order valence-electron chi connectivity index (χ3n) is 3.82. The Balaban J connectivity index is 1.83. The van der Waals surface area contributed by atoms with Gasteiger partial charge in [-0.2, -0.15) is 0 Å². The standard InChI is InChI=1S/C17H25N3O/c1-14-17(11-18-19-14)13-20(2)12-16-8-6-15(7-9-16)5-3-4-10-21/h6-9,14,17-19,21H,4,10-13H2,1-2H3. The van der Waals surface area contributed by atoms with Crippen molar-refractivity contribution in [2.75, 3.05) is 26.7 Å². The van der Waals surface area contributed by atoms with Crippen molar-refractivity contribution < 1.29 is 5.11 Å². The molecule has 1 aromatic rings. The van der Waals surface area contributed by atoms with E-state index >= 15 is 0 Å². The Kier molecular flexibility index (Phi) is 6.21. The Morgan fingerprint density at radius 3 is 2.71 bits per heavy atom. The first-order valence-corrected chi connectivity index (χ1v) is 7.54. The summed E-state index contributed by atoms with van der Waals surface area (Å²) in [6, 6.07) is 8.89. The van der Waals surface area contributed by atoms with Crippen LogP contribution in [0, 0.1) is 17.8 Å². The van der Waals surface area contributed by atoms with Crippen molar-refractivity contribution in [2.24, 2.45) is 5.92 Å². The molecule has 0 bridgehead atoms. The van der Waals surface area contributed by atoms with Crippen molar-refractivity contribution in [1.82, 2.24) is 15.8 Å². The van der Waals surface area contributed by atoms with Crippen LogP contribution in [0.1, 0.15) is 24.5 Å². The summed E-state index contributed by atoms with van der Waals surface area (Å²) in [5, 5.41) is 8.71. The van der Waals surface area contributed by atoms with Crippen molar-refractivity contribution in [2.45, 2.75) is 25.9 Å². The van der Waals surface area contributed by atoms with E-state index in [2.05, 4.69) is 65.8 Å². The molecule has 3 N–H and O–H groups in total. The molecule has 1 aromatic carbocycles. The highest BCUT2D eigenvalue weighted by Crippen LogP contribution is 2.11. The fourth-order valence-electron chi connectivity index (χ4n) is 2.56. The van der Waals surface area contributed by atoms with Gasteiger partial charge in [-0.25, -0.2) is 0 Å². The minimum atomic E-state index is 0.124. The number of aliphatic hydroxyl groups is 1. The lowest BCUT2D eigenvalue weighted by Gasteiger charge is -2.22. The lowest BCUT2D eigenvalue weighted by atomic mass is 10.0. The number of benzene rings is 1. The Morgan fingerprint density at radius 2 is 2.10 bits per heavy atom. The van der Waals surface area contributed by atoms with Crippen LogP contribution < -0.4 is 10.9 Å². The summed E-state index contributed by atoms with van der Waals surface area (Å²) < 4.78 is 0. The molecule has 2 unspecified atom stereocenters. The summed E-state index contributed by atoms with van der Waals surface area (Å²) in [7, 11) is 2.17. The smallest absolute Gasteiger partial charge is 0.0540 e. The zero-order chi connectivity index (χ0) is 15.1. The van der Waals surface area contributed by atoms with Crippen LogP contribution in [-0.2, 0) is 6.54 Å². The zero-order valence-corrected chi connectivity index (χ0v) is 12.9. The summed E-state index contributed by atoms with van der Waals surface area (Å²) in [5.74, 6) is 6.64. The maximum absolute atomic E-state index is 8.71. The van der Waals surface area contributed by atoms with Gasteiger partial charge in [0, 0.05) is 43.6 Å². The van der Waals surface area contributed by atoms with Gasteiger partial charge in [0.05, 0.1) is 6.61 Å². The molecule has 0 radical (unpaired) electrons. The Hall–Kier alpha value is -1.38. The highest BCUT2D eigenvalue weighted by molar-refractivity contribution is 5.36. The average molecular weight is 287 g/mol. The largest absolute Gasteiger partial charge is 0.395 e. The van der Waals surface area contributed by atoms with E-state index in [4.69, 9.17) is 5.11 Å². The van der Waals surface area contributed by atoms with Gasteiger partial charge in [0.2, 0.25) is 0 Å². The Labute approximate surface area is 127 Å². The lowest BCUT2D eigenvalue weighted by Crippen LogP contribution is -2.33. The van der Waals surface area contributed by atoms with Crippen LogP contribution in [0.5, 0.6) is 0 Å². The molecule has 1 aliphatic heterocycles. The summed E-state index contributed by atoms with van der Waals surface area (Å²) in [6.45, 7) is 5.41. The van der Waals surface area contributed by atoms with E-state index in [0.29, 0.717) is 18.4 Å². The molecule has 4 heteroatoms. The first-order valence-electron chi connectivity index (χ1n) is 7.54. The Morgan fingerprint density at radius 1 is 1.33 bits per heavy atom. The van der Waals surface area contributed by atoms with Gasteiger partial charge < -0.3 is 10.0 Å². The molecule has 4 nitrogen and oxygen atoms in total. The number of hydrogen-bond acceptors (Lipinski definition) is 4. The second-order valence-electron chi connectivity index (χ2n) is 5.74. The Bertz CT molecular complexity index is 489. The number of hydrazine groups is 1. The van der Waals surface area contributed by atoms with E-state index in [1.807, 2.05) is 0 Å². The highest BCUT2D eigenvalue weighted by atomic mass is 16.2. The maximum Gasteiger partial charge on any atom is 0.0540 e. The van der Waals surface area contributed by atoms with E-state index in [1.54, 1.807) is 0 Å². The van der Waals surface area contributed by atoms with Crippen LogP contribution in [0.2, 0.25) is 0 Å². The quantitative estimate of drug-likeness (QED) is 0.706. The van der Waals surface area contributed by atoms with E-state index in [9.17, 15) is 0 Å². The number of nitrogens with one attached hydrogen (secondary N) is 2. The molecular formula is C17H25N3O. The van der Waals surface area contributed by atoms with Crippen LogP contribution >= 0.6 is 0 Å². The van der Waals surface area contributed by atoms with Crippen LogP contribution in [-0.4, -0.2) is 42.8 Å². The van der Waals surface area contributed by atoms with Gasteiger partial charge in [-0.05, 0) is 31.7 Å². The summed E-state index contributed by atoms with van der Waals surface area (Å²) in [4.78, 5) is 2.36. The van der Waals surface area contributed by atoms with Gasteiger partial charge in [-0.3, -0.25) is 10.9 Å². The number of hydrogen-bond donors (Lipinski definition) is 3. The average Bonchev–Trinajstić information content (AvgIpc) is 2.86. The minimum absolute atomic E-state index is 0.124. The third-order valence-corrected chi connectivity index (χ3v) is 3.82. The van der Waals surface area contributed by atoms with Crippen LogP contribution in [0.4, 0.5) is 0 Å². The summed E-state index contributed by atoms with van der Waals surface area (Å²) in [6.07, 6.45) is 0.534. The molecule has 1 saturated heterocycles.